The van der Waals surface area contributed by atoms with Gasteiger partial charge in [0.05, 0.1) is 0 Å². The van der Waals surface area contributed by atoms with E-state index in [1.165, 1.54) is 23.2 Å². The van der Waals surface area contributed by atoms with E-state index in [1.807, 2.05) is 0 Å². The van der Waals surface area contributed by atoms with E-state index in [0.717, 1.165) is 0 Å². The van der Waals surface area contributed by atoms with Gasteiger partial charge in [-0.05, 0) is 43.2 Å². The quantitative estimate of drug-likeness (QED) is 0.738. The summed E-state index contributed by atoms with van der Waals surface area (Å²) >= 11 is 0. The van der Waals surface area contributed by atoms with Crippen LogP contribution < -0.4 is 5.32 Å². The third kappa shape index (κ3) is 1.53. The lowest BCUT2D eigenvalue weighted by molar-refractivity contribution is 0.284. The minimum absolute atomic E-state index is 0.235. The first-order valence-electron chi connectivity index (χ1n) is 6.37. The molecule has 0 radical (unpaired) electrons. The standard InChI is InChI=1S/C15H23N/c1-6-15(5)12(4)11(3)13-9-7-8-10(2)14(13)16-15/h7-9,11-12,16H,6H2,1-5H3. The van der Waals surface area contributed by atoms with E-state index in [2.05, 4.69) is 58.1 Å². The van der Waals surface area contributed by atoms with Crippen molar-refractivity contribution in [3.63, 3.8) is 0 Å². The maximum atomic E-state index is 3.77. The average molecular weight is 217 g/mol. The zero-order valence-electron chi connectivity index (χ0n) is 11.1. The number of hydrogen-bond acceptors (Lipinski definition) is 1. The van der Waals surface area contributed by atoms with Crippen LogP contribution in [0.25, 0.3) is 0 Å². The molecule has 3 unspecified atom stereocenters. The highest BCUT2D eigenvalue weighted by atomic mass is 15.0. The maximum Gasteiger partial charge on any atom is 0.0409 e. The number of hydrogen-bond donors (Lipinski definition) is 1. The Morgan fingerprint density at radius 2 is 2.00 bits per heavy atom. The van der Waals surface area contributed by atoms with Crippen LogP contribution >= 0.6 is 0 Å². The largest absolute Gasteiger partial charge is 0.379 e. The van der Waals surface area contributed by atoms with Crippen molar-refractivity contribution in [2.24, 2.45) is 5.92 Å². The SMILES string of the molecule is CCC1(C)Nc2c(C)cccc2C(C)C1C. The Kier molecular flexibility index (Phi) is 2.73. The lowest BCUT2D eigenvalue weighted by Gasteiger charge is -2.46. The zero-order valence-corrected chi connectivity index (χ0v) is 11.1. The second-order valence-corrected chi connectivity index (χ2v) is 5.51. The van der Waals surface area contributed by atoms with Crippen LogP contribution in [0, 0.1) is 12.8 Å². The Hall–Kier alpha value is -0.980. The molecule has 1 aromatic rings. The van der Waals surface area contributed by atoms with Gasteiger partial charge < -0.3 is 5.32 Å². The van der Waals surface area contributed by atoms with Crippen molar-refractivity contribution in [2.45, 2.75) is 52.5 Å². The number of benzene rings is 1. The summed E-state index contributed by atoms with van der Waals surface area (Å²) < 4.78 is 0. The van der Waals surface area contributed by atoms with Gasteiger partial charge in [0.1, 0.15) is 0 Å². The van der Waals surface area contributed by atoms with Crippen LogP contribution in [0.3, 0.4) is 0 Å². The van der Waals surface area contributed by atoms with Gasteiger partial charge in [-0.2, -0.15) is 0 Å². The van der Waals surface area contributed by atoms with Gasteiger partial charge in [0, 0.05) is 11.2 Å². The molecular weight excluding hydrogens is 194 g/mol. The molecule has 0 spiro atoms. The first-order chi connectivity index (χ1) is 7.49. The van der Waals surface area contributed by atoms with Crippen molar-refractivity contribution in [2.75, 3.05) is 5.32 Å². The van der Waals surface area contributed by atoms with E-state index in [-0.39, 0.29) is 5.54 Å². The molecule has 1 N–H and O–H groups in total. The molecule has 16 heavy (non-hydrogen) atoms. The van der Waals surface area contributed by atoms with Crippen molar-refractivity contribution in [1.29, 1.82) is 0 Å². The minimum atomic E-state index is 0.235. The molecule has 88 valence electrons. The molecule has 2 rings (SSSR count). The lowest BCUT2D eigenvalue weighted by Crippen LogP contribution is -2.46. The van der Waals surface area contributed by atoms with E-state index >= 15 is 0 Å². The first kappa shape index (κ1) is 11.5. The van der Waals surface area contributed by atoms with Gasteiger partial charge >= 0.3 is 0 Å². The van der Waals surface area contributed by atoms with Crippen molar-refractivity contribution in [3.8, 4) is 0 Å². The van der Waals surface area contributed by atoms with E-state index in [9.17, 15) is 0 Å². The summed E-state index contributed by atoms with van der Waals surface area (Å²) in [6, 6.07) is 6.64. The highest BCUT2D eigenvalue weighted by molar-refractivity contribution is 5.62. The highest BCUT2D eigenvalue weighted by Crippen LogP contribution is 2.45. The van der Waals surface area contributed by atoms with Crippen LogP contribution in [-0.4, -0.2) is 5.54 Å². The molecule has 0 aromatic heterocycles. The normalized spacial score (nSPS) is 33.1. The van der Waals surface area contributed by atoms with Gasteiger partial charge in [-0.25, -0.2) is 0 Å². The highest BCUT2D eigenvalue weighted by Gasteiger charge is 2.38. The zero-order chi connectivity index (χ0) is 11.9. The third-order valence-corrected chi connectivity index (χ3v) is 4.70. The number of fused-ring (bicyclic) bond motifs is 1. The van der Waals surface area contributed by atoms with Crippen LogP contribution in [0.1, 0.15) is 51.2 Å². The van der Waals surface area contributed by atoms with E-state index < -0.39 is 0 Å². The van der Waals surface area contributed by atoms with Crippen LogP contribution in [0.4, 0.5) is 5.69 Å². The molecule has 0 saturated heterocycles. The summed E-state index contributed by atoms with van der Waals surface area (Å²) in [5, 5.41) is 3.77. The van der Waals surface area contributed by atoms with Gasteiger partial charge in [0.15, 0.2) is 0 Å². The second kappa shape index (κ2) is 3.80. The Morgan fingerprint density at radius 1 is 1.31 bits per heavy atom. The Morgan fingerprint density at radius 3 is 2.62 bits per heavy atom. The molecule has 0 aliphatic carbocycles. The summed E-state index contributed by atoms with van der Waals surface area (Å²) in [7, 11) is 0. The molecule has 0 amide bonds. The van der Waals surface area contributed by atoms with Crippen LogP contribution in [0.15, 0.2) is 18.2 Å². The number of nitrogens with one attached hydrogen (secondary N) is 1. The van der Waals surface area contributed by atoms with Crippen molar-refractivity contribution < 1.29 is 0 Å². The number of anilines is 1. The van der Waals surface area contributed by atoms with Crippen LogP contribution in [-0.2, 0) is 0 Å². The molecule has 1 aromatic carbocycles. The third-order valence-electron chi connectivity index (χ3n) is 4.70. The van der Waals surface area contributed by atoms with Gasteiger partial charge in [-0.15, -0.1) is 0 Å². The smallest absolute Gasteiger partial charge is 0.0409 e. The molecule has 3 atom stereocenters. The van der Waals surface area contributed by atoms with Crippen molar-refractivity contribution in [3.05, 3.63) is 29.3 Å². The average Bonchev–Trinajstić information content (AvgIpc) is 2.28. The number of aryl methyl sites for hydroxylation is 1. The van der Waals surface area contributed by atoms with Crippen molar-refractivity contribution in [1.82, 2.24) is 0 Å². The molecular formula is C15H23N. The minimum Gasteiger partial charge on any atom is -0.379 e. The van der Waals surface area contributed by atoms with Gasteiger partial charge in [-0.3, -0.25) is 0 Å². The van der Waals surface area contributed by atoms with Gasteiger partial charge in [-0.1, -0.05) is 39.0 Å². The second-order valence-electron chi connectivity index (χ2n) is 5.51. The Balaban J connectivity index is 2.53. The number of para-hydroxylation sites is 1. The van der Waals surface area contributed by atoms with Crippen molar-refractivity contribution >= 4 is 5.69 Å². The summed E-state index contributed by atoms with van der Waals surface area (Å²) in [6.07, 6.45) is 1.17. The molecule has 1 heteroatoms. The summed E-state index contributed by atoms with van der Waals surface area (Å²) in [4.78, 5) is 0. The Labute approximate surface area is 99.3 Å². The summed E-state index contributed by atoms with van der Waals surface area (Å²) in [5.74, 6) is 1.31. The lowest BCUT2D eigenvalue weighted by atomic mass is 9.70. The number of rotatable bonds is 1. The van der Waals surface area contributed by atoms with E-state index in [0.29, 0.717) is 11.8 Å². The van der Waals surface area contributed by atoms with Gasteiger partial charge in [0.25, 0.3) is 0 Å². The van der Waals surface area contributed by atoms with Crippen LogP contribution in [0.2, 0.25) is 0 Å². The molecule has 1 nitrogen and oxygen atoms in total. The molecule has 1 aliphatic rings. The molecule has 0 fully saturated rings. The predicted octanol–water partition coefficient (Wildman–Crippen LogP) is 4.33. The summed E-state index contributed by atoms with van der Waals surface area (Å²) in [6.45, 7) is 11.6. The topological polar surface area (TPSA) is 12.0 Å². The van der Waals surface area contributed by atoms with E-state index in [1.54, 1.807) is 0 Å². The van der Waals surface area contributed by atoms with Crippen LogP contribution in [0.5, 0.6) is 0 Å². The fourth-order valence-electron chi connectivity index (χ4n) is 2.87. The molecule has 1 heterocycles. The summed E-state index contributed by atoms with van der Waals surface area (Å²) in [5.41, 5.74) is 4.46. The molecule has 0 bridgehead atoms. The van der Waals surface area contributed by atoms with E-state index in [4.69, 9.17) is 0 Å². The predicted molar refractivity (Wildman–Crippen MR) is 71.1 cm³/mol. The first-order valence-corrected chi connectivity index (χ1v) is 6.37. The van der Waals surface area contributed by atoms with Gasteiger partial charge in [0.2, 0.25) is 0 Å². The molecule has 1 aliphatic heterocycles. The Bertz CT molecular complexity index is 396. The monoisotopic (exact) mass is 217 g/mol. The molecule has 0 saturated carbocycles. The maximum absolute atomic E-state index is 3.77. The fraction of sp³-hybridized carbons (Fsp3) is 0.600. The fourth-order valence-corrected chi connectivity index (χ4v) is 2.87.